The summed E-state index contributed by atoms with van der Waals surface area (Å²) in [5.74, 6) is -0.641. The third-order valence-corrected chi connectivity index (χ3v) is 7.64. The minimum absolute atomic E-state index is 0.0708. The maximum Gasteiger partial charge on any atom is 0.300 e. The number of hydrogen-bond acceptors (Lipinski definition) is 6. The summed E-state index contributed by atoms with van der Waals surface area (Å²) in [5.41, 5.74) is 3.67. The van der Waals surface area contributed by atoms with Crippen LogP contribution < -0.4 is 14.4 Å². The molecule has 1 N–H and O–H groups in total. The van der Waals surface area contributed by atoms with Gasteiger partial charge in [0.25, 0.3) is 11.7 Å². The summed E-state index contributed by atoms with van der Waals surface area (Å²) < 4.78 is 10.8. The first-order valence-corrected chi connectivity index (χ1v) is 12.6. The Morgan fingerprint density at radius 1 is 0.944 bits per heavy atom. The number of aliphatic hydroxyl groups excluding tert-OH is 1. The van der Waals surface area contributed by atoms with E-state index in [9.17, 15) is 14.7 Å². The fraction of sp³-hybridized carbons (Fsp3) is 0.310. The van der Waals surface area contributed by atoms with E-state index in [1.54, 1.807) is 18.2 Å². The van der Waals surface area contributed by atoms with Gasteiger partial charge in [0.05, 0.1) is 25.5 Å². The van der Waals surface area contributed by atoms with Crippen molar-refractivity contribution in [2.75, 3.05) is 19.1 Å². The Bertz CT molecular complexity index is 1360. The monoisotopic (exact) mass is 505 g/mol. The molecule has 188 valence electrons. The van der Waals surface area contributed by atoms with Gasteiger partial charge in [0, 0.05) is 28.6 Å². The fourth-order valence-electron chi connectivity index (χ4n) is 4.43. The molecule has 36 heavy (non-hydrogen) atoms. The number of methoxy groups -OCH3 is 2. The van der Waals surface area contributed by atoms with Crippen LogP contribution in [0.5, 0.6) is 11.5 Å². The second-order valence-corrected chi connectivity index (χ2v) is 10.9. The van der Waals surface area contributed by atoms with E-state index in [1.807, 2.05) is 43.5 Å². The van der Waals surface area contributed by atoms with E-state index in [2.05, 4.69) is 20.8 Å². The molecule has 1 amide bonds. The number of carbonyl (C=O) groups excluding carboxylic acids is 2. The molecule has 2 aromatic carbocycles. The Morgan fingerprint density at radius 3 is 2.11 bits per heavy atom. The van der Waals surface area contributed by atoms with Gasteiger partial charge in [-0.1, -0.05) is 32.9 Å². The molecule has 1 unspecified atom stereocenters. The summed E-state index contributed by atoms with van der Waals surface area (Å²) in [6.45, 7) is 10.1. The van der Waals surface area contributed by atoms with Crippen molar-refractivity contribution in [2.45, 2.75) is 46.1 Å². The standard InChI is InChI=1S/C29H31NO5S/c1-16-8-9-18(29(3,4)5)12-22(16)25(31)23-24(27-17(2)10-11-36-27)30(28(33)26(23)32)19-13-20(34-6)15-21(14-19)35-7/h8-15,24,31H,1-7H3/b25-23+. The average Bonchev–Trinajstić information content (AvgIpc) is 3.37. The third-order valence-electron chi connectivity index (χ3n) is 6.57. The minimum atomic E-state index is -0.792. The van der Waals surface area contributed by atoms with E-state index in [0.29, 0.717) is 22.7 Å². The van der Waals surface area contributed by atoms with Gasteiger partial charge in [-0.15, -0.1) is 11.3 Å². The topological polar surface area (TPSA) is 76.1 Å². The number of nitrogens with zero attached hydrogens (tertiary/aromatic N) is 1. The number of ether oxygens (including phenoxy) is 2. The number of hydrogen-bond donors (Lipinski definition) is 1. The second-order valence-electron chi connectivity index (χ2n) is 9.99. The van der Waals surface area contributed by atoms with Crippen LogP contribution in [0.15, 0.2) is 53.4 Å². The van der Waals surface area contributed by atoms with Crippen molar-refractivity contribution in [2.24, 2.45) is 0 Å². The highest BCUT2D eigenvalue weighted by Gasteiger charge is 2.48. The number of amides is 1. The quantitative estimate of drug-likeness (QED) is 0.250. The summed E-state index contributed by atoms with van der Waals surface area (Å²) in [4.78, 5) is 29.3. The van der Waals surface area contributed by atoms with Crippen molar-refractivity contribution in [1.29, 1.82) is 0 Å². The smallest absolute Gasteiger partial charge is 0.300 e. The fourth-order valence-corrected chi connectivity index (χ4v) is 5.46. The largest absolute Gasteiger partial charge is 0.507 e. The molecule has 7 heteroatoms. The number of benzene rings is 2. The normalized spacial score (nSPS) is 17.5. The summed E-state index contributed by atoms with van der Waals surface area (Å²) in [7, 11) is 3.05. The summed E-state index contributed by atoms with van der Waals surface area (Å²) in [6, 6.07) is 12.1. The molecule has 3 aromatic rings. The maximum absolute atomic E-state index is 13.6. The molecule has 0 saturated carbocycles. The molecule has 6 nitrogen and oxygen atoms in total. The van der Waals surface area contributed by atoms with Gasteiger partial charge in [-0.2, -0.15) is 0 Å². The van der Waals surface area contributed by atoms with Crippen molar-refractivity contribution in [1.82, 2.24) is 0 Å². The lowest BCUT2D eigenvalue weighted by Gasteiger charge is -2.26. The van der Waals surface area contributed by atoms with Gasteiger partial charge in [0.15, 0.2) is 0 Å². The van der Waals surface area contributed by atoms with Crippen LogP contribution in [0.2, 0.25) is 0 Å². The first-order chi connectivity index (χ1) is 17.0. The molecule has 1 aliphatic heterocycles. The van der Waals surface area contributed by atoms with Crippen molar-refractivity contribution < 1.29 is 24.2 Å². The van der Waals surface area contributed by atoms with Crippen LogP contribution in [0.4, 0.5) is 5.69 Å². The zero-order chi connectivity index (χ0) is 26.4. The highest BCUT2D eigenvalue weighted by molar-refractivity contribution is 7.10. The highest BCUT2D eigenvalue weighted by Crippen LogP contribution is 2.46. The van der Waals surface area contributed by atoms with E-state index >= 15 is 0 Å². The van der Waals surface area contributed by atoms with Crippen LogP contribution in [0.25, 0.3) is 5.76 Å². The third kappa shape index (κ3) is 4.39. The number of ketones is 1. The average molecular weight is 506 g/mol. The lowest BCUT2D eigenvalue weighted by Crippen LogP contribution is -2.29. The van der Waals surface area contributed by atoms with Crippen molar-refractivity contribution in [3.63, 3.8) is 0 Å². The Balaban J connectivity index is 2.00. The summed E-state index contributed by atoms with van der Waals surface area (Å²) in [5, 5.41) is 13.6. The molecule has 0 spiro atoms. The van der Waals surface area contributed by atoms with E-state index in [0.717, 1.165) is 21.6 Å². The second kappa shape index (κ2) is 9.47. The van der Waals surface area contributed by atoms with Crippen molar-refractivity contribution in [3.05, 3.63) is 80.5 Å². The zero-order valence-corrected chi connectivity index (χ0v) is 22.4. The highest BCUT2D eigenvalue weighted by atomic mass is 32.1. The summed E-state index contributed by atoms with van der Waals surface area (Å²) in [6.07, 6.45) is 0. The number of anilines is 1. The van der Waals surface area contributed by atoms with Gasteiger partial charge in [0.2, 0.25) is 0 Å². The molecular formula is C29H31NO5S. The van der Waals surface area contributed by atoms with Gasteiger partial charge in [-0.05, 0) is 53.5 Å². The first kappa shape index (κ1) is 25.5. The van der Waals surface area contributed by atoms with Crippen LogP contribution in [-0.2, 0) is 15.0 Å². The van der Waals surface area contributed by atoms with E-state index in [1.165, 1.54) is 30.5 Å². The van der Waals surface area contributed by atoms with Gasteiger partial charge in [-0.25, -0.2) is 0 Å². The molecule has 4 rings (SSSR count). The van der Waals surface area contributed by atoms with Gasteiger partial charge in [-0.3, -0.25) is 14.5 Å². The van der Waals surface area contributed by atoms with E-state index in [4.69, 9.17) is 9.47 Å². The van der Waals surface area contributed by atoms with Gasteiger partial charge >= 0.3 is 0 Å². The molecular weight excluding hydrogens is 474 g/mol. The SMILES string of the molecule is COc1cc(OC)cc(N2C(=O)C(=O)/C(=C(/O)c3cc(C(C)(C)C)ccc3C)C2c2sccc2C)c1. The molecule has 1 aromatic heterocycles. The van der Waals surface area contributed by atoms with Crippen LogP contribution in [0.3, 0.4) is 0 Å². The number of carbonyl (C=O) groups is 2. The Labute approximate surface area is 215 Å². The molecule has 0 radical (unpaired) electrons. The maximum atomic E-state index is 13.6. The predicted molar refractivity (Wildman–Crippen MR) is 143 cm³/mol. The van der Waals surface area contributed by atoms with E-state index in [-0.39, 0.29) is 16.7 Å². The number of thiophene rings is 1. The molecule has 1 saturated heterocycles. The van der Waals surface area contributed by atoms with Crippen LogP contribution in [0, 0.1) is 13.8 Å². The molecule has 1 fully saturated rings. The number of aryl methyl sites for hydroxylation is 2. The Morgan fingerprint density at radius 2 is 1.58 bits per heavy atom. The number of rotatable bonds is 5. The van der Waals surface area contributed by atoms with Gasteiger partial charge in [0.1, 0.15) is 23.3 Å². The molecule has 1 aliphatic rings. The molecule has 1 atom stereocenters. The summed E-state index contributed by atoms with van der Waals surface area (Å²) >= 11 is 1.44. The van der Waals surface area contributed by atoms with Crippen molar-refractivity contribution in [3.8, 4) is 11.5 Å². The predicted octanol–water partition coefficient (Wildman–Crippen LogP) is 6.31. The van der Waals surface area contributed by atoms with Crippen LogP contribution >= 0.6 is 11.3 Å². The van der Waals surface area contributed by atoms with Crippen molar-refractivity contribution >= 4 is 34.5 Å². The van der Waals surface area contributed by atoms with Crippen LogP contribution in [0.1, 0.15) is 53.9 Å². The lowest BCUT2D eigenvalue weighted by atomic mass is 9.84. The Kier molecular flexibility index (Phi) is 6.71. The van der Waals surface area contributed by atoms with Crippen LogP contribution in [-0.4, -0.2) is 31.0 Å². The minimum Gasteiger partial charge on any atom is -0.507 e. The molecule has 0 bridgehead atoms. The molecule has 2 heterocycles. The van der Waals surface area contributed by atoms with Gasteiger partial charge < -0.3 is 14.6 Å². The first-order valence-electron chi connectivity index (χ1n) is 11.7. The van der Waals surface area contributed by atoms with E-state index < -0.39 is 17.7 Å². The Hall–Kier alpha value is -3.58. The zero-order valence-electron chi connectivity index (χ0n) is 21.6. The molecule has 0 aliphatic carbocycles. The lowest BCUT2D eigenvalue weighted by molar-refractivity contribution is -0.132. The number of aliphatic hydroxyl groups is 1. The number of Topliss-reactive ketones (excluding diaryl/α,β-unsaturated/α-hetero) is 1.